The van der Waals surface area contributed by atoms with Crippen LogP contribution >= 0.6 is 0 Å². The number of hydrogen-bond donors (Lipinski definition) is 1. The monoisotopic (exact) mass is 473 g/mol. The Morgan fingerprint density at radius 3 is 2.36 bits per heavy atom. The number of aryl methyl sites for hydroxylation is 1. The van der Waals surface area contributed by atoms with E-state index in [1.165, 1.54) is 6.07 Å². The van der Waals surface area contributed by atoms with Gasteiger partial charge in [-0.3, -0.25) is 0 Å². The van der Waals surface area contributed by atoms with Crippen molar-refractivity contribution in [3.05, 3.63) is 71.7 Å². The van der Waals surface area contributed by atoms with Gasteiger partial charge in [0, 0.05) is 54.4 Å². The SMILES string of the molecule is Cc1c(N2CCNCC2)cc(S(=O)(=O)n2cc(C(F)F)c3ccc(F)cc32)c2ccccc12. The Bertz CT molecular complexity index is 1480. The summed E-state index contributed by atoms with van der Waals surface area (Å²) in [7, 11) is -4.33. The van der Waals surface area contributed by atoms with Crippen LogP contribution in [0.4, 0.5) is 18.9 Å². The van der Waals surface area contributed by atoms with Gasteiger partial charge in [0.05, 0.1) is 10.4 Å². The molecule has 0 amide bonds. The summed E-state index contributed by atoms with van der Waals surface area (Å²) >= 11 is 0. The topological polar surface area (TPSA) is 54.3 Å². The van der Waals surface area contributed by atoms with Crippen LogP contribution in [-0.2, 0) is 10.0 Å². The molecule has 1 aromatic heterocycles. The summed E-state index contributed by atoms with van der Waals surface area (Å²) in [5.41, 5.74) is 1.17. The highest BCUT2D eigenvalue weighted by atomic mass is 32.2. The number of anilines is 1. The molecular formula is C24H22F3N3O2S. The van der Waals surface area contributed by atoms with Crippen molar-refractivity contribution < 1.29 is 21.6 Å². The van der Waals surface area contributed by atoms with E-state index in [4.69, 9.17) is 0 Å². The van der Waals surface area contributed by atoms with Crippen LogP contribution in [0.5, 0.6) is 0 Å². The molecule has 0 radical (unpaired) electrons. The third-order valence-corrected chi connectivity index (χ3v) is 7.96. The smallest absolute Gasteiger partial charge is 0.268 e. The van der Waals surface area contributed by atoms with Gasteiger partial charge in [0.15, 0.2) is 0 Å². The van der Waals surface area contributed by atoms with E-state index in [2.05, 4.69) is 10.2 Å². The van der Waals surface area contributed by atoms with Gasteiger partial charge in [0.1, 0.15) is 5.82 Å². The molecule has 3 aromatic carbocycles. The van der Waals surface area contributed by atoms with Gasteiger partial charge in [0.2, 0.25) is 0 Å². The fourth-order valence-electron chi connectivity index (χ4n) is 4.60. The summed E-state index contributed by atoms with van der Waals surface area (Å²) in [6.45, 7) is 4.92. The van der Waals surface area contributed by atoms with Crippen molar-refractivity contribution in [3.63, 3.8) is 0 Å². The number of piperazine rings is 1. The van der Waals surface area contributed by atoms with Gasteiger partial charge in [0.25, 0.3) is 16.4 Å². The number of nitrogens with one attached hydrogen (secondary N) is 1. The summed E-state index contributed by atoms with van der Waals surface area (Å²) in [6.07, 6.45) is -2.00. The quantitative estimate of drug-likeness (QED) is 0.462. The number of fused-ring (bicyclic) bond motifs is 2. The number of rotatable bonds is 4. The van der Waals surface area contributed by atoms with E-state index in [-0.39, 0.29) is 15.8 Å². The zero-order chi connectivity index (χ0) is 23.3. The average Bonchev–Trinajstić information content (AvgIpc) is 3.20. The molecule has 0 atom stereocenters. The minimum atomic E-state index is -4.33. The maximum Gasteiger partial charge on any atom is 0.268 e. The van der Waals surface area contributed by atoms with Crippen molar-refractivity contribution in [2.75, 3.05) is 31.1 Å². The van der Waals surface area contributed by atoms with Crippen molar-refractivity contribution in [1.82, 2.24) is 9.29 Å². The molecule has 5 rings (SSSR count). The van der Waals surface area contributed by atoms with E-state index in [9.17, 15) is 21.6 Å². The van der Waals surface area contributed by atoms with E-state index >= 15 is 0 Å². The third kappa shape index (κ3) is 3.55. The molecule has 5 nitrogen and oxygen atoms in total. The molecular weight excluding hydrogens is 451 g/mol. The van der Waals surface area contributed by atoms with Crippen molar-refractivity contribution in [2.24, 2.45) is 0 Å². The molecule has 4 aromatic rings. The van der Waals surface area contributed by atoms with Crippen molar-refractivity contribution in [2.45, 2.75) is 18.2 Å². The second-order valence-electron chi connectivity index (χ2n) is 8.15. The lowest BCUT2D eigenvalue weighted by atomic mass is 10.0. The Morgan fingerprint density at radius 1 is 0.970 bits per heavy atom. The molecule has 1 fully saturated rings. The zero-order valence-corrected chi connectivity index (χ0v) is 18.7. The Labute approximate surface area is 189 Å². The highest BCUT2D eigenvalue weighted by Gasteiger charge is 2.28. The van der Waals surface area contributed by atoms with Crippen LogP contribution in [0.25, 0.3) is 21.7 Å². The fourth-order valence-corrected chi connectivity index (χ4v) is 6.19. The summed E-state index contributed by atoms with van der Waals surface area (Å²) in [4.78, 5) is 2.12. The van der Waals surface area contributed by atoms with E-state index in [0.29, 0.717) is 18.5 Å². The lowest BCUT2D eigenvalue weighted by Gasteiger charge is -2.31. The zero-order valence-electron chi connectivity index (χ0n) is 17.9. The first-order valence-corrected chi connectivity index (χ1v) is 12.1. The standard InChI is InChI=1S/C24H22F3N3O2S/c1-15-17-4-2-3-5-19(17)23(13-21(15)29-10-8-28-9-11-29)33(31,32)30-14-20(24(26)27)18-7-6-16(25)12-22(18)30/h2-7,12-14,24,28H,8-11H2,1H3. The molecule has 0 bridgehead atoms. The van der Waals surface area contributed by atoms with Crippen molar-refractivity contribution >= 4 is 37.4 Å². The van der Waals surface area contributed by atoms with E-state index in [1.807, 2.05) is 19.1 Å². The normalized spacial score (nSPS) is 15.1. The maximum absolute atomic E-state index is 14.0. The minimum Gasteiger partial charge on any atom is -0.369 e. The van der Waals surface area contributed by atoms with Crippen molar-refractivity contribution in [1.29, 1.82) is 0 Å². The van der Waals surface area contributed by atoms with Gasteiger partial charge < -0.3 is 10.2 Å². The van der Waals surface area contributed by atoms with E-state index in [1.54, 1.807) is 18.2 Å². The predicted molar refractivity (Wildman–Crippen MR) is 123 cm³/mol. The van der Waals surface area contributed by atoms with Crippen LogP contribution in [0.1, 0.15) is 17.6 Å². The Morgan fingerprint density at radius 2 is 1.67 bits per heavy atom. The summed E-state index contributed by atoms with van der Waals surface area (Å²) < 4.78 is 70.0. The third-order valence-electron chi connectivity index (χ3n) is 6.24. The molecule has 1 saturated heterocycles. The van der Waals surface area contributed by atoms with Gasteiger partial charge in [-0.25, -0.2) is 25.6 Å². The van der Waals surface area contributed by atoms with E-state index in [0.717, 1.165) is 52.0 Å². The molecule has 1 aliphatic rings. The average molecular weight is 474 g/mol. The fraction of sp³-hybridized carbons (Fsp3) is 0.250. The predicted octanol–water partition coefficient (Wildman–Crippen LogP) is 4.83. The first-order chi connectivity index (χ1) is 15.8. The van der Waals surface area contributed by atoms with Gasteiger partial charge in [-0.05, 0) is 42.1 Å². The summed E-state index contributed by atoms with van der Waals surface area (Å²) in [6, 6.07) is 12.0. The molecule has 0 spiro atoms. The highest BCUT2D eigenvalue weighted by molar-refractivity contribution is 7.90. The molecule has 0 aliphatic carbocycles. The largest absolute Gasteiger partial charge is 0.369 e. The molecule has 33 heavy (non-hydrogen) atoms. The second kappa shape index (κ2) is 8.07. The van der Waals surface area contributed by atoms with Gasteiger partial charge in [-0.1, -0.05) is 24.3 Å². The van der Waals surface area contributed by atoms with Gasteiger partial charge in [-0.2, -0.15) is 0 Å². The van der Waals surface area contributed by atoms with E-state index < -0.39 is 27.8 Å². The molecule has 0 unspecified atom stereocenters. The molecule has 9 heteroatoms. The number of alkyl halides is 2. The number of aromatic nitrogens is 1. The van der Waals surface area contributed by atoms with Crippen molar-refractivity contribution in [3.8, 4) is 0 Å². The molecule has 172 valence electrons. The molecule has 0 saturated carbocycles. The van der Waals surface area contributed by atoms with Crippen LogP contribution in [-0.4, -0.2) is 38.6 Å². The number of benzene rings is 3. The summed E-state index contributed by atoms with van der Waals surface area (Å²) in [5, 5.41) is 4.55. The Kier molecular flexibility index (Phi) is 5.33. The van der Waals surface area contributed by atoms with Gasteiger partial charge >= 0.3 is 0 Å². The summed E-state index contributed by atoms with van der Waals surface area (Å²) in [5.74, 6) is -0.701. The highest BCUT2D eigenvalue weighted by Crippen LogP contribution is 2.38. The maximum atomic E-state index is 14.0. The van der Waals surface area contributed by atoms with Crippen LogP contribution < -0.4 is 10.2 Å². The molecule has 2 heterocycles. The van der Waals surface area contributed by atoms with Crippen LogP contribution in [0, 0.1) is 12.7 Å². The molecule has 1 N–H and O–H groups in total. The Hall–Kier alpha value is -3.04. The van der Waals surface area contributed by atoms with Crippen LogP contribution in [0.2, 0.25) is 0 Å². The first-order valence-electron chi connectivity index (χ1n) is 10.6. The number of halogens is 3. The van der Waals surface area contributed by atoms with Gasteiger partial charge in [-0.15, -0.1) is 0 Å². The Balaban J connectivity index is 1.80. The second-order valence-corrected chi connectivity index (χ2v) is 9.93. The first kappa shape index (κ1) is 21.8. The minimum absolute atomic E-state index is 0.000731. The number of nitrogens with zero attached hydrogens (tertiary/aromatic N) is 2. The lowest BCUT2D eigenvalue weighted by molar-refractivity contribution is 0.153. The lowest BCUT2D eigenvalue weighted by Crippen LogP contribution is -2.43. The van der Waals surface area contributed by atoms with Crippen LogP contribution in [0.3, 0.4) is 0 Å². The van der Waals surface area contributed by atoms with Crippen LogP contribution in [0.15, 0.2) is 59.6 Å². The number of hydrogen-bond acceptors (Lipinski definition) is 4. The molecule has 1 aliphatic heterocycles.